The molecule has 26 heavy (non-hydrogen) atoms. The van der Waals surface area contributed by atoms with Crippen molar-refractivity contribution in [2.45, 2.75) is 32.3 Å². The number of benzene rings is 2. The van der Waals surface area contributed by atoms with Crippen LogP contribution in [0.25, 0.3) is 10.9 Å². The lowest BCUT2D eigenvalue weighted by Gasteiger charge is -2.18. The van der Waals surface area contributed by atoms with E-state index in [0.29, 0.717) is 15.6 Å². The summed E-state index contributed by atoms with van der Waals surface area (Å²) in [6, 6.07) is 11.2. The van der Waals surface area contributed by atoms with Crippen molar-refractivity contribution in [3.05, 3.63) is 59.3 Å². The van der Waals surface area contributed by atoms with Crippen LogP contribution in [0.4, 0.5) is 13.2 Å². The molecule has 1 aromatic heterocycles. The van der Waals surface area contributed by atoms with Crippen molar-refractivity contribution in [2.75, 3.05) is 6.54 Å². The zero-order valence-electron chi connectivity index (χ0n) is 14.0. The molecule has 2 aromatic carbocycles. The van der Waals surface area contributed by atoms with Crippen molar-refractivity contribution < 1.29 is 17.9 Å². The predicted molar refractivity (Wildman–Crippen MR) is 92.1 cm³/mol. The van der Waals surface area contributed by atoms with Crippen LogP contribution in [-0.2, 0) is 19.6 Å². The fourth-order valence-electron chi connectivity index (χ4n) is 3.19. The lowest BCUT2D eigenvalue weighted by molar-refractivity contribution is 0.00343. The van der Waals surface area contributed by atoms with E-state index in [2.05, 4.69) is 16.5 Å². The number of halogens is 3. The molecule has 0 aliphatic carbocycles. The van der Waals surface area contributed by atoms with Crippen molar-refractivity contribution in [2.24, 2.45) is 0 Å². The largest absolute Gasteiger partial charge is 0.489 e. The van der Waals surface area contributed by atoms with Crippen LogP contribution in [0.3, 0.4) is 0 Å². The first-order valence-corrected chi connectivity index (χ1v) is 8.45. The number of fused-ring (bicyclic) bond motifs is 2. The van der Waals surface area contributed by atoms with E-state index in [4.69, 9.17) is 4.74 Å². The van der Waals surface area contributed by atoms with Crippen molar-refractivity contribution in [3.63, 3.8) is 0 Å². The lowest BCUT2D eigenvalue weighted by atomic mass is 10.0. The monoisotopic (exact) mass is 361 g/mol. The summed E-state index contributed by atoms with van der Waals surface area (Å²) < 4.78 is 45.5. The Bertz CT molecular complexity index is 926. The number of hydrogen-bond acceptors (Lipinski definition) is 3. The summed E-state index contributed by atoms with van der Waals surface area (Å²) in [6.07, 6.45) is -3.20. The van der Waals surface area contributed by atoms with Crippen LogP contribution >= 0.6 is 0 Å². The standard InChI is InChI=1S/C19H18F3N3O/c20-18(21)19(22)25-17-7-12(1-2-14(17)10-24-25)11-26-16-4-3-13-5-6-23-9-15(13)8-16/h1-4,7-8,10,18-19,23H,5-6,9,11H2. The quantitative estimate of drug-likeness (QED) is 0.747. The molecule has 1 N–H and O–H groups in total. The molecule has 3 aromatic rings. The van der Waals surface area contributed by atoms with Crippen LogP contribution in [0.1, 0.15) is 23.0 Å². The number of rotatable bonds is 5. The van der Waals surface area contributed by atoms with Gasteiger partial charge in [-0.15, -0.1) is 0 Å². The van der Waals surface area contributed by atoms with Gasteiger partial charge in [0.15, 0.2) is 0 Å². The van der Waals surface area contributed by atoms with Gasteiger partial charge in [-0.05, 0) is 47.9 Å². The van der Waals surface area contributed by atoms with Crippen LogP contribution in [0, 0.1) is 0 Å². The van der Waals surface area contributed by atoms with E-state index < -0.39 is 12.7 Å². The first kappa shape index (κ1) is 16.9. The minimum atomic E-state index is -3.12. The van der Waals surface area contributed by atoms with Gasteiger partial charge in [-0.3, -0.25) is 0 Å². The highest BCUT2D eigenvalue weighted by Crippen LogP contribution is 2.25. The summed E-state index contributed by atoms with van der Waals surface area (Å²) in [5.41, 5.74) is 3.63. The Hall–Kier alpha value is -2.54. The molecule has 0 saturated heterocycles. The van der Waals surface area contributed by atoms with Crippen molar-refractivity contribution >= 4 is 10.9 Å². The summed E-state index contributed by atoms with van der Waals surface area (Å²) in [6.45, 7) is 2.07. The molecule has 0 bridgehead atoms. The van der Waals surface area contributed by atoms with E-state index in [1.54, 1.807) is 12.1 Å². The molecular weight excluding hydrogens is 343 g/mol. The van der Waals surface area contributed by atoms with E-state index in [1.165, 1.54) is 17.3 Å². The van der Waals surface area contributed by atoms with E-state index in [-0.39, 0.29) is 6.61 Å². The molecule has 0 fully saturated rings. The molecule has 1 unspecified atom stereocenters. The van der Waals surface area contributed by atoms with Crippen LogP contribution in [0.5, 0.6) is 5.75 Å². The molecule has 0 spiro atoms. The molecule has 1 atom stereocenters. The van der Waals surface area contributed by atoms with Gasteiger partial charge in [0.2, 0.25) is 0 Å². The van der Waals surface area contributed by atoms with Crippen LogP contribution < -0.4 is 10.1 Å². The Labute approximate surface area is 148 Å². The average molecular weight is 361 g/mol. The first-order chi connectivity index (χ1) is 12.6. The Morgan fingerprint density at radius 3 is 2.85 bits per heavy atom. The second kappa shape index (κ2) is 6.99. The maximum Gasteiger partial charge on any atom is 0.289 e. The zero-order chi connectivity index (χ0) is 18.1. The Morgan fingerprint density at radius 2 is 2.00 bits per heavy atom. The highest BCUT2D eigenvalue weighted by Gasteiger charge is 2.23. The fourth-order valence-corrected chi connectivity index (χ4v) is 3.19. The molecule has 136 valence electrons. The third-order valence-electron chi connectivity index (χ3n) is 4.57. The summed E-state index contributed by atoms with van der Waals surface area (Å²) in [7, 11) is 0. The van der Waals surface area contributed by atoms with E-state index in [9.17, 15) is 13.2 Å². The highest BCUT2D eigenvalue weighted by atomic mass is 19.3. The molecule has 2 heterocycles. The van der Waals surface area contributed by atoms with Gasteiger partial charge in [0, 0.05) is 11.9 Å². The molecule has 4 nitrogen and oxygen atoms in total. The van der Waals surface area contributed by atoms with Gasteiger partial charge in [0.25, 0.3) is 12.7 Å². The summed E-state index contributed by atoms with van der Waals surface area (Å²) >= 11 is 0. The van der Waals surface area contributed by atoms with Gasteiger partial charge in [-0.1, -0.05) is 18.2 Å². The average Bonchev–Trinajstić information content (AvgIpc) is 3.08. The highest BCUT2D eigenvalue weighted by molar-refractivity contribution is 5.79. The number of nitrogens with one attached hydrogen (secondary N) is 1. The Kier molecular flexibility index (Phi) is 4.55. The third-order valence-corrected chi connectivity index (χ3v) is 4.57. The van der Waals surface area contributed by atoms with Gasteiger partial charge in [-0.25, -0.2) is 17.9 Å². The van der Waals surface area contributed by atoms with E-state index in [1.807, 2.05) is 18.2 Å². The summed E-state index contributed by atoms with van der Waals surface area (Å²) in [4.78, 5) is 0. The van der Waals surface area contributed by atoms with Gasteiger partial charge in [0.1, 0.15) is 12.4 Å². The smallest absolute Gasteiger partial charge is 0.289 e. The topological polar surface area (TPSA) is 39.1 Å². The van der Waals surface area contributed by atoms with E-state index in [0.717, 1.165) is 30.8 Å². The van der Waals surface area contributed by atoms with Crippen molar-refractivity contribution in [3.8, 4) is 5.75 Å². The lowest BCUT2D eigenvalue weighted by Crippen LogP contribution is -2.23. The second-order valence-corrected chi connectivity index (χ2v) is 6.34. The third kappa shape index (κ3) is 3.26. The van der Waals surface area contributed by atoms with E-state index >= 15 is 0 Å². The van der Waals surface area contributed by atoms with Gasteiger partial charge in [-0.2, -0.15) is 5.10 Å². The molecule has 7 heteroatoms. The Balaban J connectivity index is 1.53. The molecule has 0 saturated carbocycles. The predicted octanol–water partition coefficient (Wildman–Crippen LogP) is 3.99. The fraction of sp³-hybridized carbons (Fsp3) is 0.316. The molecule has 4 rings (SSSR count). The summed E-state index contributed by atoms with van der Waals surface area (Å²) in [5, 5.41) is 7.67. The summed E-state index contributed by atoms with van der Waals surface area (Å²) in [5.74, 6) is 0.747. The molecule has 0 radical (unpaired) electrons. The Morgan fingerprint density at radius 1 is 1.12 bits per heavy atom. The number of aromatic nitrogens is 2. The van der Waals surface area contributed by atoms with Crippen LogP contribution in [0.2, 0.25) is 0 Å². The maximum atomic E-state index is 13.7. The molecule has 1 aliphatic heterocycles. The molecule has 0 amide bonds. The molecular formula is C19H18F3N3O. The minimum absolute atomic E-state index is 0.263. The normalized spacial score (nSPS) is 15.2. The number of nitrogens with zero attached hydrogens (tertiary/aromatic N) is 2. The number of ether oxygens (including phenoxy) is 1. The first-order valence-electron chi connectivity index (χ1n) is 8.45. The van der Waals surface area contributed by atoms with Crippen molar-refractivity contribution in [1.82, 2.24) is 15.1 Å². The SMILES string of the molecule is FC(F)C(F)n1ncc2ccc(COc3ccc4c(c3)CNCC4)cc21. The molecule has 1 aliphatic rings. The van der Waals surface area contributed by atoms with Crippen molar-refractivity contribution in [1.29, 1.82) is 0 Å². The zero-order valence-corrected chi connectivity index (χ0v) is 14.0. The van der Waals surface area contributed by atoms with Gasteiger partial charge < -0.3 is 10.1 Å². The number of hydrogen-bond donors (Lipinski definition) is 1. The van der Waals surface area contributed by atoms with Crippen LogP contribution in [-0.4, -0.2) is 22.8 Å². The number of alkyl halides is 3. The second-order valence-electron chi connectivity index (χ2n) is 6.34. The van der Waals surface area contributed by atoms with Crippen LogP contribution in [0.15, 0.2) is 42.6 Å². The maximum absolute atomic E-state index is 13.7. The van der Waals surface area contributed by atoms with Gasteiger partial charge in [0.05, 0.1) is 11.7 Å². The minimum Gasteiger partial charge on any atom is -0.489 e. The van der Waals surface area contributed by atoms with Gasteiger partial charge >= 0.3 is 0 Å².